The highest BCUT2D eigenvalue weighted by molar-refractivity contribution is 5.46. The van der Waals surface area contributed by atoms with E-state index < -0.39 is 0 Å². The van der Waals surface area contributed by atoms with Crippen LogP contribution in [0.3, 0.4) is 0 Å². The Morgan fingerprint density at radius 2 is 2.00 bits per heavy atom. The summed E-state index contributed by atoms with van der Waals surface area (Å²) in [5.74, 6) is 0.727. The van der Waals surface area contributed by atoms with Crippen molar-refractivity contribution in [2.45, 2.75) is 39.8 Å². The zero-order valence-corrected chi connectivity index (χ0v) is 10.8. The van der Waals surface area contributed by atoms with Crippen LogP contribution in [-0.4, -0.2) is 13.2 Å². The molecule has 0 aliphatic carbocycles. The molecule has 0 bridgehead atoms. The van der Waals surface area contributed by atoms with Gasteiger partial charge in [-0.2, -0.15) is 0 Å². The Labute approximate surface area is 99.0 Å². The molecule has 0 radical (unpaired) electrons. The van der Waals surface area contributed by atoms with E-state index in [0.29, 0.717) is 12.6 Å². The van der Waals surface area contributed by atoms with Crippen molar-refractivity contribution in [2.24, 2.45) is 5.92 Å². The SMILES string of the molecule is COCc1cccc(NC(C)CC(C)C)c1. The highest BCUT2D eigenvalue weighted by Gasteiger charge is 2.04. The Bertz CT molecular complexity index is 309. The Hall–Kier alpha value is -1.02. The molecule has 0 fully saturated rings. The molecule has 2 heteroatoms. The Morgan fingerprint density at radius 3 is 2.62 bits per heavy atom. The van der Waals surface area contributed by atoms with Crippen LogP contribution in [0.15, 0.2) is 24.3 Å². The molecule has 1 aromatic rings. The average molecular weight is 221 g/mol. The van der Waals surface area contributed by atoms with Crippen LogP contribution in [0, 0.1) is 5.92 Å². The van der Waals surface area contributed by atoms with Gasteiger partial charge in [-0.05, 0) is 37.0 Å². The third-order valence-electron chi connectivity index (χ3n) is 2.48. The van der Waals surface area contributed by atoms with Crippen LogP contribution < -0.4 is 5.32 Å². The van der Waals surface area contributed by atoms with Gasteiger partial charge in [0.2, 0.25) is 0 Å². The van der Waals surface area contributed by atoms with E-state index in [2.05, 4.69) is 50.4 Å². The number of hydrogen-bond acceptors (Lipinski definition) is 2. The van der Waals surface area contributed by atoms with Gasteiger partial charge in [0.1, 0.15) is 0 Å². The monoisotopic (exact) mass is 221 g/mol. The zero-order valence-electron chi connectivity index (χ0n) is 10.8. The van der Waals surface area contributed by atoms with E-state index in [-0.39, 0.29) is 0 Å². The topological polar surface area (TPSA) is 21.3 Å². The molecule has 1 atom stereocenters. The normalized spacial score (nSPS) is 12.8. The van der Waals surface area contributed by atoms with Crippen molar-refractivity contribution in [3.8, 4) is 0 Å². The van der Waals surface area contributed by atoms with Gasteiger partial charge < -0.3 is 10.1 Å². The fraction of sp³-hybridized carbons (Fsp3) is 0.571. The van der Waals surface area contributed by atoms with Crippen LogP contribution in [0.2, 0.25) is 0 Å². The van der Waals surface area contributed by atoms with Crippen LogP contribution in [0.5, 0.6) is 0 Å². The number of ether oxygens (including phenoxy) is 1. The van der Waals surface area contributed by atoms with Gasteiger partial charge in [0, 0.05) is 18.8 Å². The molecule has 0 aliphatic heterocycles. The van der Waals surface area contributed by atoms with Crippen molar-refractivity contribution in [1.29, 1.82) is 0 Å². The lowest BCUT2D eigenvalue weighted by Gasteiger charge is -2.17. The molecule has 1 unspecified atom stereocenters. The molecule has 0 spiro atoms. The van der Waals surface area contributed by atoms with E-state index in [1.165, 1.54) is 17.7 Å². The van der Waals surface area contributed by atoms with Gasteiger partial charge in [-0.1, -0.05) is 26.0 Å². The van der Waals surface area contributed by atoms with Crippen molar-refractivity contribution in [3.63, 3.8) is 0 Å². The number of benzene rings is 1. The van der Waals surface area contributed by atoms with Gasteiger partial charge in [0.05, 0.1) is 6.61 Å². The second-order valence-corrected chi connectivity index (χ2v) is 4.81. The molecule has 90 valence electrons. The summed E-state index contributed by atoms with van der Waals surface area (Å²) in [5, 5.41) is 3.52. The van der Waals surface area contributed by atoms with Gasteiger partial charge in [-0.25, -0.2) is 0 Å². The summed E-state index contributed by atoms with van der Waals surface area (Å²) in [7, 11) is 1.72. The minimum atomic E-state index is 0.512. The van der Waals surface area contributed by atoms with Crippen molar-refractivity contribution >= 4 is 5.69 Å². The van der Waals surface area contributed by atoms with E-state index in [1.54, 1.807) is 7.11 Å². The lowest BCUT2D eigenvalue weighted by atomic mass is 10.0. The van der Waals surface area contributed by atoms with E-state index >= 15 is 0 Å². The van der Waals surface area contributed by atoms with Crippen LogP contribution in [-0.2, 0) is 11.3 Å². The van der Waals surface area contributed by atoms with Crippen molar-refractivity contribution in [3.05, 3.63) is 29.8 Å². The minimum Gasteiger partial charge on any atom is -0.383 e. The lowest BCUT2D eigenvalue weighted by Crippen LogP contribution is -2.17. The zero-order chi connectivity index (χ0) is 12.0. The Balaban J connectivity index is 2.55. The molecule has 2 nitrogen and oxygen atoms in total. The van der Waals surface area contributed by atoms with E-state index in [1.807, 2.05) is 0 Å². The highest BCUT2D eigenvalue weighted by Crippen LogP contribution is 2.15. The molecule has 0 amide bonds. The van der Waals surface area contributed by atoms with Gasteiger partial charge in [0.15, 0.2) is 0 Å². The molecule has 0 heterocycles. The number of rotatable bonds is 6. The smallest absolute Gasteiger partial charge is 0.0713 e. The summed E-state index contributed by atoms with van der Waals surface area (Å²) >= 11 is 0. The van der Waals surface area contributed by atoms with Crippen molar-refractivity contribution in [1.82, 2.24) is 0 Å². The van der Waals surface area contributed by atoms with E-state index in [4.69, 9.17) is 4.74 Å². The van der Waals surface area contributed by atoms with Gasteiger partial charge >= 0.3 is 0 Å². The van der Waals surface area contributed by atoms with Gasteiger partial charge in [0.25, 0.3) is 0 Å². The maximum Gasteiger partial charge on any atom is 0.0713 e. The molecular formula is C14H23NO. The predicted molar refractivity (Wildman–Crippen MR) is 69.7 cm³/mol. The first kappa shape index (κ1) is 13.0. The molecular weight excluding hydrogens is 198 g/mol. The Kier molecular flexibility index (Phi) is 5.33. The third-order valence-corrected chi connectivity index (χ3v) is 2.48. The predicted octanol–water partition coefficient (Wildman–Crippen LogP) is 3.68. The van der Waals surface area contributed by atoms with Gasteiger partial charge in [-0.3, -0.25) is 0 Å². The summed E-state index contributed by atoms with van der Waals surface area (Å²) in [6.45, 7) is 7.40. The summed E-state index contributed by atoms with van der Waals surface area (Å²) in [4.78, 5) is 0. The second kappa shape index (κ2) is 6.54. The fourth-order valence-corrected chi connectivity index (χ4v) is 1.97. The standard InChI is InChI=1S/C14H23NO/c1-11(2)8-12(3)15-14-7-5-6-13(9-14)10-16-4/h5-7,9,11-12,15H,8,10H2,1-4H3. The molecule has 1 aromatic carbocycles. The van der Waals surface area contributed by atoms with Crippen LogP contribution in [0.4, 0.5) is 5.69 Å². The molecule has 16 heavy (non-hydrogen) atoms. The maximum atomic E-state index is 5.12. The summed E-state index contributed by atoms with van der Waals surface area (Å²) in [6.07, 6.45) is 1.19. The summed E-state index contributed by atoms with van der Waals surface area (Å²) in [6, 6.07) is 8.93. The fourth-order valence-electron chi connectivity index (χ4n) is 1.97. The van der Waals surface area contributed by atoms with E-state index in [9.17, 15) is 0 Å². The Morgan fingerprint density at radius 1 is 1.25 bits per heavy atom. The maximum absolute atomic E-state index is 5.12. The first-order chi connectivity index (χ1) is 7.61. The number of anilines is 1. The van der Waals surface area contributed by atoms with Gasteiger partial charge in [-0.15, -0.1) is 0 Å². The van der Waals surface area contributed by atoms with Crippen molar-refractivity contribution in [2.75, 3.05) is 12.4 Å². The minimum absolute atomic E-state index is 0.512. The first-order valence-electron chi connectivity index (χ1n) is 5.96. The van der Waals surface area contributed by atoms with Crippen LogP contribution in [0.1, 0.15) is 32.8 Å². The van der Waals surface area contributed by atoms with E-state index in [0.717, 1.165) is 5.92 Å². The van der Waals surface area contributed by atoms with Crippen LogP contribution >= 0.6 is 0 Å². The molecule has 0 aromatic heterocycles. The number of hydrogen-bond donors (Lipinski definition) is 1. The molecule has 0 aliphatic rings. The highest BCUT2D eigenvalue weighted by atomic mass is 16.5. The number of nitrogens with one attached hydrogen (secondary N) is 1. The second-order valence-electron chi connectivity index (χ2n) is 4.81. The largest absolute Gasteiger partial charge is 0.383 e. The lowest BCUT2D eigenvalue weighted by molar-refractivity contribution is 0.185. The first-order valence-corrected chi connectivity index (χ1v) is 5.96. The third kappa shape index (κ3) is 4.67. The van der Waals surface area contributed by atoms with Crippen LogP contribution in [0.25, 0.3) is 0 Å². The molecule has 0 saturated carbocycles. The number of methoxy groups -OCH3 is 1. The summed E-state index contributed by atoms with van der Waals surface area (Å²) in [5.41, 5.74) is 2.40. The summed E-state index contributed by atoms with van der Waals surface area (Å²) < 4.78 is 5.12. The molecule has 0 saturated heterocycles. The van der Waals surface area contributed by atoms with Crippen molar-refractivity contribution < 1.29 is 4.74 Å². The molecule has 1 N–H and O–H groups in total. The molecule has 1 rings (SSSR count). The average Bonchev–Trinajstić information content (AvgIpc) is 2.17. The quantitative estimate of drug-likeness (QED) is 0.791.